The molecule has 3 aromatic rings. The largest absolute Gasteiger partial charge is 0.302 e. The molecule has 0 radical (unpaired) electrons. The number of aromatic nitrogens is 1. The predicted molar refractivity (Wildman–Crippen MR) is 134 cm³/mol. The van der Waals surface area contributed by atoms with Crippen molar-refractivity contribution in [1.29, 1.82) is 0 Å². The molecule has 1 heterocycles. The van der Waals surface area contributed by atoms with E-state index in [1.54, 1.807) is 23.1 Å². The molecular weight excluding hydrogens is 478 g/mol. The van der Waals surface area contributed by atoms with Gasteiger partial charge < -0.3 is 4.90 Å². The molecule has 30 heavy (non-hydrogen) atoms. The van der Waals surface area contributed by atoms with Crippen molar-refractivity contribution >= 4 is 60.3 Å². The van der Waals surface area contributed by atoms with Crippen molar-refractivity contribution in [3.63, 3.8) is 0 Å². The molecule has 0 aliphatic carbocycles. The first-order valence-corrected chi connectivity index (χ1v) is 13.0. The fourth-order valence-corrected chi connectivity index (χ4v) is 5.61. The molecule has 0 atom stereocenters. The van der Waals surface area contributed by atoms with Gasteiger partial charge in [0.1, 0.15) is 0 Å². The van der Waals surface area contributed by atoms with E-state index in [0.29, 0.717) is 13.0 Å². The van der Waals surface area contributed by atoms with Gasteiger partial charge in [-0.3, -0.25) is 9.69 Å². The molecule has 0 aliphatic heterocycles. The van der Waals surface area contributed by atoms with Crippen molar-refractivity contribution in [3.05, 3.63) is 53.0 Å². The van der Waals surface area contributed by atoms with Crippen molar-refractivity contribution in [3.8, 4) is 0 Å². The van der Waals surface area contributed by atoms with Crippen LogP contribution in [-0.2, 0) is 4.79 Å². The highest BCUT2D eigenvalue weighted by atomic mass is 79.9. The molecule has 0 aliphatic rings. The Morgan fingerprint density at radius 3 is 2.60 bits per heavy atom. The number of anilines is 1. The zero-order chi connectivity index (χ0) is 21.3. The summed E-state index contributed by atoms with van der Waals surface area (Å²) in [5.41, 5.74) is 0.943. The number of halogens is 1. The average Bonchev–Trinajstić information content (AvgIpc) is 3.17. The first kappa shape index (κ1) is 23.3. The van der Waals surface area contributed by atoms with Crippen LogP contribution in [0.4, 0.5) is 5.13 Å². The Bertz CT molecular complexity index is 944. The minimum absolute atomic E-state index is 0.161. The van der Waals surface area contributed by atoms with E-state index < -0.39 is 0 Å². The molecule has 0 spiro atoms. The van der Waals surface area contributed by atoms with Crippen LogP contribution in [0.15, 0.2) is 57.9 Å². The molecule has 0 saturated carbocycles. The molecule has 0 saturated heterocycles. The second kappa shape index (κ2) is 11.8. The third-order valence-corrected chi connectivity index (χ3v) is 7.59. The van der Waals surface area contributed by atoms with Crippen LogP contribution in [-0.4, -0.2) is 47.7 Å². The van der Waals surface area contributed by atoms with Gasteiger partial charge in [0.15, 0.2) is 5.13 Å². The number of carbonyl (C=O) groups excluding carboxylic acids is 1. The molecule has 3 rings (SSSR count). The second-order valence-corrected chi connectivity index (χ2v) is 10.0. The van der Waals surface area contributed by atoms with E-state index in [2.05, 4.69) is 52.9 Å². The lowest BCUT2D eigenvalue weighted by Gasteiger charge is -2.24. The van der Waals surface area contributed by atoms with Crippen LogP contribution >= 0.6 is 39.0 Å². The van der Waals surface area contributed by atoms with Gasteiger partial charge in [0, 0.05) is 28.9 Å². The number of likely N-dealkylation sites (N-methyl/N-ethyl adjacent to an activating group) is 1. The summed E-state index contributed by atoms with van der Waals surface area (Å²) >= 11 is 6.92. The van der Waals surface area contributed by atoms with Crippen LogP contribution in [0.1, 0.15) is 26.7 Å². The van der Waals surface area contributed by atoms with Gasteiger partial charge in [-0.15, -0.1) is 11.8 Å². The Labute approximate surface area is 195 Å². The molecule has 0 unspecified atom stereocenters. The molecule has 4 nitrogen and oxygen atoms in total. The molecular formula is C23H28BrN3OS2. The third-order valence-electron chi connectivity index (χ3n) is 4.95. The number of nitrogens with zero attached hydrogens (tertiary/aromatic N) is 3. The zero-order valence-corrected chi connectivity index (χ0v) is 20.7. The van der Waals surface area contributed by atoms with Crippen LogP contribution in [0.25, 0.3) is 10.2 Å². The predicted octanol–water partition coefficient (Wildman–Crippen LogP) is 6.31. The van der Waals surface area contributed by atoms with E-state index >= 15 is 0 Å². The smallest absolute Gasteiger partial charge is 0.228 e. The topological polar surface area (TPSA) is 36.4 Å². The lowest BCUT2D eigenvalue weighted by molar-refractivity contribution is -0.118. The van der Waals surface area contributed by atoms with Gasteiger partial charge in [-0.2, -0.15) is 0 Å². The van der Waals surface area contributed by atoms with E-state index in [4.69, 9.17) is 4.98 Å². The summed E-state index contributed by atoms with van der Waals surface area (Å²) in [5, 5.41) is 0.802. The van der Waals surface area contributed by atoms with E-state index in [1.165, 1.54) is 4.90 Å². The van der Waals surface area contributed by atoms with Gasteiger partial charge in [0.05, 0.1) is 10.2 Å². The number of hydrogen-bond acceptors (Lipinski definition) is 5. The maximum absolute atomic E-state index is 13.1. The molecule has 160 valence electrons. The minimum atomic E-state index is 0.161. The maximum atomic E-state index is 13.1. The van der Waals surface area contributed by atoms with E-state index in [-0.39, 0.29) is 5.91 Å². The third kappa shape index (κ3) is 6.54. The summed E-state index contributed by atoms with van der Waals surface area (Å²) in [6.45, 7) is 7.82. The van der Waals surface area contributed by atoms with Crippen molar-refractivity contribution in [1.82, 2.24) is 9.88 Å². The fourth-order valence-electron chi connectivity index (χ4n) is 3.18. The number of benzene rings is 2. The summed E-state index contributed by atoms with van der Waals surface area (Å²) in [6.07, 6.45) is 1.40. The van der Waals surface area contributed by atoms with Crippen molar-refractivity contribution in [2.45, 2.75) is 31.6 Å². The molecule has 1 aromatic heterocycles. The Balaban J connectivity index is 1.66. The summed E-state index contributed by atoms with van der Waals surface area (Å²) in [4.78, 5) is 23.4. The number of carbonyl (C=O) groups is 1. The minimum Gasteiger partial charge on any atom is -0.302 e. The lowest BCUT2D eigenvalue weighted by atomic mass is 10.3. The normalized spacial score (nSPS) is 11.3. The van der Waals surface area contributed by atoms with Gasteiger partial charge in [0.25, 0.3) is 0 Å². The average molecular weight is 507 g/mol. The quantitative estimate of drug-likeness (QED) is 0.226. The molecule has 2 aromatic carbocycles. The van der Waals surface area contributed by atoms with Crippen LogP contribution in [0.2, 0.25) is 0 Å². The molecule has 0 bridgehead atoms. The first-order chi connectivity index (χ1) is 14.6. The number of hydrogen-bond donors (Lipinski definition) is 0. The number of thiazole rings is 1. The van der Waals surface area contributed by atoms with Crippen LogP contribution in [0.5, 0.6) is 0 Å². The number of rotatable bonds is 11. The second-order valence-electron chi connectivity index (χ2n) is 6.95. The molecule has 7 heteroatoms. The Kier molecular flexibility index (Phi) is 9.18. The van der Waals surface area contributed by atoms with Crippen molar-refractivity contribution < 1.29 is 4.79 Å². The van der Waals surface area contributed by atoms with Crippen molar-refractivity contribution in [2.75, 3.05) is 36.8 Å². The standard InChI is InChI=1S/C23H28BrN3OS2/c1-3-26(4-2)14-15-27(23-25-20-13-12-18(24)17-21(20)30-23)22(28)11-8-16-29-19-9-6-5-7-10-19/h5-7,9-10,12-13,17H,3-4,8,11,14-16H2,1-2H3. The van der Waals surface area contributed by atoms with Crippen LogP contribution in [0.3, 0.4) is 0 Å². The maximum Gasteiger partial charge on any atom is 0.228 e. The summed E-state index contributed by atoms with van der Waals surface area (Å²) < 4.78 is 2.13. The first-order valence-electron chi connectivity index (χ1n) is 10.4. The Morgan fingerprint density at radius 1 is 1.10 bits per heavy atom. The van der Waals surface area contributed by atoms with E-state index in [0.717, 1.165) is 51.6 Å². The van der Waals surface area contributed by atoms with E-state index in [9.17, 15) is 4.79 Å². The SMILES string of the molecule is CCN(CC)CCN(C(=O)CCCSc1ccccc1)c1nc2ccc(Br)cc2s1. The Morgan fingerprint density at radius 2 is 1.87 bits per heavy atom. The monoisotopic (exact) mass is 505 g/mol. The summed E-state index contributed by atoms with van der Waals surface area (Å²) in [6, 6.07) is 16.4. The van der Waals surface area contributed by atoms with Crippen molar-refractivity contribution in [2.24, 2.45) is 0 Å². The van der Waals surface area contributed by atoms with Crippen LogP contribution < -0.4 is 4.90 Å². The number of fused-ring (bicyclic) bond motifs is 1. The fraction of sp³-hybridized carbons (Fsp3) is 0.391. The lowest BCUT2D eigenvalue weighted by Crippen LogP contribution is -2.38. The zero-order valence-electron chi connectivity index (χ0n) is 17.5. The van der Waals surface area contributed by atoms with Gasteiger partial charge >= 0.3 is 0 Å². The number of thioether (sulfide) groups is 1. The van der Waals surface area contributed by atoms with Gasteiger partial charge in [-0.05, 0) is 55.6 Å². The molecule has 1 amide bonds. The number of amides is 1. The van der Waals surface area contributed by atoms with Gasteiger partial charge in [-0.25, -0.2) is 4.98 Å². The summed E-state index contributed by atoms with van der Waals surface area (Å²) in [7, 11) is 0. The molecule has 0 N–H and O–H groups in total. The highest BCUT2D eigenvalue weighted by Crippen LogP contribution is 2.31. The highest BCUT2D eigenvalue weighted by Gasteiger charge is 2.20. The van der Waals surface area contributed by atoms with E-state index in [1.807, 2.05) is 35.2 Å². The molecule has 0 fully saturated rings. The highest BCUT2D eigenvalue weighted by molar-refractivity contribution is 9.10. The Hall–Kier alpha value is -1.41. The van der Waals surface area contributed by atoms with Gasteiger partial charge in [-0.1, -0.05) is 59.3 Å². The van der Waals surface area contributed by atoms with Crippen LogP contribution in [0, 0.1) is 0 Å². The summed E-state index contributed by atoms with van der Waals surface area (Å²) in [5.74, 6) is 1.10. The van der Waals surface area contributed by atoms with Gasteiger partial charge in [0.2, 0.25) is 5.91 Å².